The van der Waals surface area contributed by atoms with Crippen molar-refractivity contribution in [3.63, 3.8) is 0 Å². The first-order chi connectivity index (χ1) is 18.7. The largest absolute Gasteiger partial charge is 0.491 e. The Hall–Kier alpha value is -4.08. The zero-order chi connectivity index (χ0) is 27.6. The average Bonchev–Trinajstić information content (AvgIpc) is 3.18. The second kappa shape index (κ2) is 11.0. The average molecular weight is 560 g/mol. The van der Waals surface area contributed by atoms with Crippen LogP contribution in [0.3, 0.4) is 0 Å². The number of amides is 2. The number of ether oxygens (including phenoxy) is 1. The lowest BCUT2D eigenvalue weighted by Gasteiger charge is -2.14. The Bertz CT molecular complexity index is 1730. The van der Waals surface area contributed by atoms with E-state index in [1.807, 2.05) is 56.3 Å². The topological polar surface area (TPSA) is 90.0 Å². The van der Waals surface area contributed by atoms with E-state index in [9.17, 15) is 18.0 Å². The van der Waals surface area contributed by atoms with Gasteiger partial charge in [-0.3, -0.25) is 14.5 Å². The lowest BCUT2D eigenvalue weighted by molar-refractivity contribution is -0.123. The second-order valence-electron chi connectivity index (χ2n) is 9.04. The molecule has 0 aromatic heterocycles. The van der Waals surface area contributed by atoms with Gasteiger partial charge in [-0.25, -0.2) is 0 Å². The Labute approximate surface area is 231 Å². The third kappa shape index (κ3) is 5.84. The highest BCUT2D eigenvalue weighted by atomic mass is 32.2. The number of hydrogen-bond donors (Lipinski definition) is 0. The number of para-hydroxylation sites is 1. The van der Waals surface area contributed by atoms with Gasteiger partial charge in [-0.05, 0) is 77.9 Å². The molecule has 39 heavy (non-hydrogen) atoms. The Balaban J connectivity index is 1.32. The molecule has 5 rings (SSSR count). The van der Waals surface area contributed by atoms with Crippen LogP contribution in [-0.4, -0.2) is 37.6 Å². The van der Waals surface area contributed by atoms with Crippen molar-refractivity contribution in [2.75, 3.05) is 13.2 Å². The van der Waals surface area contributed by atoms with Gasteiger partial charge in [-0.15, -0.1) is 0 Å². The van der Waals surface area contributed by atoms with Crippen LogP contribution >= 0.6 is 11.8 Å². The molecule has 1 aliphatic rings. The molecule has 4 aromatic carbocycles. The van der Waals surface area contributed by atoms with Gasteiger partial charge in [0.05, 0.1) is 11.4 Å². The van der Waals surface area contributed by atoms with Crippen LogP contribution in [0.1, 0.15) is 16.7 Å². The SMILES string of the molecule is Cc1ccc(C)c(OCCN2C(=O)S/C(=C\c3ccccc3OS(=O)(=O)c3ccc4ccccc4c3)C2=O)c1. The van der Waals surface area contributed by atoms with Gasteiger partial charge in [-0.1, -0.05) is 60.7 Å². The molecule has 7 nitrogen and oxygen atoms in total. The molecule has 9 heteroatoms. The molecule has 0 aliphatic carbocycles. The van der Waals surface area contributed by atoms with Crippen LogP contribution in [-0.2, 0) is 14.9 Å². The van der Waals surface area contributed by atoms with Crippen molar-refractivity contribution in [3.05, 3.63) is 107 Å². The molecule has 0 saturated carbocycles. The normalized spacial score (nSPS) is 14.8. The number of carbonyl (C=O) groups excluding carboxylic acids is 2. The number of aryl methyl sites for hydroxylation is 2. The lowest BCUT2D eigenvalue weighted by atomic mass is 10.1. The van der Waals surface area contributed by atoms with Crippen molar-refractivity contribution in [2.45, 2.75) is 18.7 Å². The van der Waals surface area contributed by atoms with Gasteiger partial charge in [0.15, 0.2) is 0 Å². The Kier molecular flexibility index (Phi) is 7.45. The minimum atomic E-state index is -4.16. The highest BCUT2D eigenvalue weighted by molar-refractivity contribution is 8.18. The molecule has 198 valence electrons. The standard InChI is InChI=1S/C30H25NO6S2/c1-20-11-12-21(2)27(17-20)36-16-15-31-29(32)28(38-30(31)33)19-24-9-5-6-10-26(24)37-39(34,35)25-14-13-22-7-3-4-8-23(22)18-25/h3-14,17-19H,15-16H2,1-2H3/b28-19-. The van der Waals surface area contributed by atoms with Gasteiger partial charge < -0.3 is 8.92 Å². The fraction of sp³-hybridized carbons (Fsp3) is 0.133. The van der Waals surface area contributed by atoms with Crippen molar-refractivity contribution >= 4 is 49.9 Å². The van der Waals surface area contributed by atoms with E-state index in [4.69, 9.17) is 8.92 Å². The smallest absolute Gasteiger partial charge is 0.339 e. The van der Waals surface area contributed by atoms with Crippen LogP contribution in [0.5, 0.6) is 11.5 Å². The van der Waals surface area contributed by atoms with Crippen molar-refractivity contribution in [1.29, 1.82) is 0 Å². The summed E-state index contributed by atoms with van der Waals surface area (Å²) in [6, 6.07) is 24.5. The Morgan fingerprint density at radius 2 is 1.59 bits per heavy atom. The summed E-state index contributed by atoms with van der Waals surface area (Å²) in [5, 5.41) is 1.26. The summed E-state index contributed by atoms with van der Waals surface area (Å²) in [6.07, 6.45) is 1.47. The van der Waals surface area contributed by atoms with Crippen LogP contribution in [0, 0.1) is 13.8 Å². The van der Waals surface area contributed by atoms with Gasteiger partial charge in [0, 0.05) is 5.56 Å². The van der Waals surface area contributed by atoms with Crippen LogP contribution in [0.2, 0.25) is 0 Å². The first-order valence-electron chi connectivity index (χ1n) is 12.2. The molecule has 0 bridgehead atoms. The fourth-order valence-corrected chi connectivity index (χ4v) is 5.95. The van der Waals surface area contributed by atoms with Gasteiger partial charge in [-0.2, -0.15) is 8.42 Å². The van der Waals surface area contributed by atoms with Crippen LogP contribution in [0.4, 0.5) is 4.79 Å². The second-order valence-corrected chi connectivity index (χ2v) is 11.6. The lowest BCUT2D eigenvalue weighted by Crippen LogP contribution is -2.32. The molecule has 0 spiro atoms. The minimum Gasteiger partial charge on any atom is -0.491 e. The zero-order valence-electron chi connectivity index (χ0n) is 21.3. The van der Waals surface area contributed by atoms with Crippen molar-refractivity contribution in [2.24, 2.45) is 0 Å². The van der Waals surface area contributed by atoms with E-state index in [0.717, 1.165) is 38.6 Å². The molecule has 0 N–H and O–H groups in total. The van der Waals surface area contributed by atoms with Crippen molar-refractivity contribution < 1.29 is 26.9 Å². The maximum absolute atomic E-state index is 13.1. The van der Waals surface area contributed by atoms with Gasteiger partial charge in [0.2, 0.25) is 0 Å². The fourth-order valence-electron chi connectivity index (χ4n) is 4.11. The molecule has 1 heterocycles. The summed E-state index contributed by atoms with van der Waals surface area (Å²) < 4.78 is 37.5. The number of hydrogen-bond acceptors (Lipinski definition) is 7. The number of carbonyl (C=O) groups is 2. The van der Waals surface area contributed by atoms with E-state index >= 15 is 0 Å². The Morgan fingerprint density at radius 1 is 0.846 bits per heavy atom. The number of thioether (sulfide) groups is 1. The van der Waals surface area contributed by atoms with Crippen LogP contribution in [0.25, 0.3) is 16.8 Å². The van der Waals surface area contributed by atoms with Gasteiger partial charge >= 0.3 is 10.1 Å². The van der Waals surface area contributed by atoms with Gasteiger partial charge in [0.1, 0.15) is 23.0 Å². The van der Waals surface area contributed by atoms with E-state index in [0.29, 0.717) is 11.3 Å². The molecular formula is C30H25NO6S2. The highest BCUT2D eigenvalue weighted by Crippen LogP contribution is 2.35. The third-order valence-electron chi connectivity index (χ3n) is 6.20. The Morgan fingerprint density at radius 3 is 2.41 bits per heavy atom. The van der Waals surface area contributed by atoms with E-state index in [1.54, 1.807) is 30.3 Å². The van der Waals surface area contributed by atoms with E-state index in [-0.39, 0.29) is 28.7 Å². The first-order valence-corrected chi connectivity index (χ1v) is 14.4. The molecule has 2 amide bonds. The van der Waals surface area contributed by atoms with Gasteiger partial charge in [0.25, 0.3) is 11.1 Å². The highest BCUT2D eigenvalue weighted by Gasteiger charge is 2.35. The summed E-state index contributed by atoms with van der Waals surface area (Å²) in [4.78, 5) is 26.9. The number of benzene rings is 4. The number of nitrogens with zero attached hydrogens (tertiary/aromatic N) is 1. The number of imide groups is 1. The molecule has 1 fully saturated rings. The van der Waals surface area contributed by atoms with Crippen LogP contribution < -0.4 is 8.92 Å². The maximum Gasteiger partial charge on any atom is 0.339 e. The summed E-state index contributed by atoms with van der Waals surface area (Å²) in [6.45, 7) is 4.13. The first kappa shape index (κ1) is 26.5. The molecule has 1 saturated heterocycles. The van der Waals surface area contributed by atoms with Crippen LogP contribution in [0.15, 0.2) is 94.7 Å². The zero-order valence-corrected chi connectivity index (χ0v) is 22.9. The molecular weight excluding hydrogens is 534 g/mol. The maximum atomic E-state index is 13.1. The molecule has 0 radical (unpaired) electrons. The van der Waals surface area contributed by atoms with E-state index < -0.39 is 21.3 Å². The predicted octanol–water partition coefficient (Wildman–Crippen LogP) is 6.34. The quantitative estimate of drug-likeness (QED) is 0.184. The number of rotatable bonds is 8. The monoisotopic (exact) mass is 559 g/mol. The summed E-state index contributed by atoms with van der Waals surface area (Å²) in [5.74, 6) is 0.286. The minimum absolute atomic E-state index is 0.0140. The number of fused-ring (bicyclic) bond motifs is 1. The third-order valence-corrected chi connectivity index (χ3v) is 8.34. The summed E-state index contributed by atoms with van der Waals surface area (Å²) in [7, 11) is -4.16. The van der Waals surface area contributed by atoms with E-state index in [1.165, 1.54) is 18.2 Å². The summed E-state index contributed by atoms with van der Waals surface area (Å²) in [5.41, 5.74) is 2.37. The molecule has 4 aromatic rings. The van der Waals surface area contributed by atoms with Crippen molar-refractivity contribution in [1.82, 2.24) is 4.90 Å². The van der Waals surface area contributed by atoms with E-state index in [2.05, 4.69) is 0 Å². The molecule has 1 aliphatic heterocycles. The predicted molar refractivity (Wildman–Crippen MR) is 152 cm³/mol. The molecule has 0 atom stereocenters. The summed E-state index contributed by atoms with van der Waals surface area (Å²) >= 11 is 0.791. The van der Waals surface area contributed by atoms with Crippen molar-refractivity contribution in [3.8, 4) is 11.5 Å². The molecule has 0 unspecified atom stereocenters.